The van der Waals surface area contributed by atoms with Crippen molar-refractivity contribution >= 4 is 11.8 Å². The normalized spacial score (nSPS) is 10.3. The maximum Gasteiger partial charge on any atom is 0.224 e. The minimum atomic E-state index is 0.628. The summed E-state index contributed by atoms with van der Waals surface area (Å²) < 4.78 is 0. The maximum atomic E-state index is 4.49. The van der Waals surface area contributed by atoms with Gasteiger partial charge in [-0.1, -0.05) is 60.2 Å². The summed E-state index contributed by atoms with van der Waals surface area (Å²) in [6, 6.07) is 20.5. The largest absolute Gasteiger partial charge is 0.366 e. The highest BCUT2D eigenvalue weighted by atomic mass is 15.1. The van der Waals surface area contributed by atoms with Crippen LogP contribution in [0.15, 0.2) is 66.9 Å². The Labute approximate surface area is 136 Å². The predicted molar refractivity (Wildman–Crippen MR) is 94.3 cm³/mol. The van der Waals surface area contributed by atoms with Gasteiger partial charge in [0.2, 0.25) is 5.95 Å². The number of nitrogens with one attached hydrogen (secondary N) is 2. The van der Waals surface area contributed by atoms with E-state index in [0.29, 0.717) is 12.5 Å². The first-order chi connectivity index (χ1) is 11.3. The molecule has 0 saturated heterocycles. The Hall–Kier alpha value is -2.88. The molecule has 2 N–H and O–H groups in total. The first-order valence-corrected chi connectivity index (χ1v) is 7.70. The molecule has 4 heteroatoms. The van der Waals surface area contributed by atoms with Crippen molar-refractivity contribution in [1.29, 1.82) is 0 Å². The van der Waals surface area contributed by atoms with Crippen LogP contribution in [0.1, 0.15) is 16.7 Å². The Morgan fingerprint density at radius 1 is 0.826 bits per heavy atom. The van der Waals surface area contributed by atoms with E-state index in [4.69, 9.17) is 0 Å². The molecule has 3 aromatic rings. The van der Waals surface area contributed by atoms with Crippen molar-refractivity contribution in [2.75, 3.05) is 10.6 Å². The third-order valence-corrected chi connectivity index (χ3v) is 3.51. The van der Waals surface area contributed by atoms with Crippen LogP contribution in [-0.2, 0) is 13.1 Å². The van der Waals surface area contributed by atoms with Crippen LogP contribution in [0.4, 0.5) is 11.8 Å². The smallest absolute Gasteiger partial charge is 0.224 e. The maximum absolute atomic E-state index is 4.49. The highest BCUT2D eigenvalue weighted by Crippen LogP contribution is 2.10. The molecule has 0 fully saturated rings. The van der Waals surface area contributed by atoms with Crippen molar-refractivity contribution in [2.24, 2.45) is 0 Å². The van der Waals surface area contributed by atoms with E-state index in [-0.39, 0.29) is 0 Å². The summed E-state index contributed by atoms with van der Waals surface area (Å²) in [7, 11) is 0. The van der Waals surface area contributed by atoms with Gasteiger partial charge in [0.25, 0.3) is 0 Å². The molecule has 0 bridgehead atoms. The van der Waals surface area contributed by atoms with Gasteiger partial charge in [-0.05, 0) is 24.1 Å². The monoisotopic (exact) mass is 304 g/mol. The SMILES string of the molecule is Cc1cccc(CNc2ccnc(NCc3ccccc3)n2)c1. The lowest BCUT2D eigenvalue weighted by Crippen LogP contribution is -2.06. The molecule has 0 aliphatic rings. The van der Waals surface area contributed by atoms with E-state index in [1.165, 1.54) is 16.7 Å². The predicted octanol–water partition coefficient (Wildman–Crippen LogP) is 4.01. The van der Waals surface area contributed by atoms with Gasteiger partial charge < -0.3 is 10.6 Å². The average molecular weight is 304 g/mol. The molecule has 4 nitrogen and oxygen atoms in total. The van der Waals surface area contributed by atoms with Crippen molar-refractivity contribution in [1.82, 2.24) is 9.97 Å². The molecule has 0 unspecified atom stereocenters. The van der Waals surface area contributed by atoms with Crippen LogP contribution in [0.3, 0.4) is 0 Å². The summed E-state index contributed by atoms with van der Waals surface area (Å²) in [5.74, 6) is 1.44. The van der Waals surface area contributed by atoms with Gasteiger partial charge in [0.15, 0.2) is 0 Å². The Kier molecular flexibility index (Phi) is 4.84. The van der Waals surface area contributed by atoms with E-state index in [1.54, 1.807) is 6.20 Å². The number of hydrogen-bond donors (Lipinski definition) is 2. The fraction of sp³-hybridized carbons (Fsp3) is 0.158. The van der Waals surface area contributed by atoms with E-state index in [0.717, 1.165) is 12.4 Å². The highest BCUT2D eigenvalue weighted by molar-refractivity contribution is 5.41. The molecule has 0 aliphatic heterocycles. The van der Waals surface area contributed by atoms with Gasteiger partial charge in [-0.15, -0.1) is 0 Å². The fourth-order valence-corrected chi connectivity index (χ4v) is 2.33. The summed E-state index contributed by atoms with van der Waals surface area (Å²) >= 11 is 0. The van der Waals surface area contributed by atoms with E-state index in [9.17, 15) is 0 Å². The van der Waals surface area contributed by atoms with Crippen LogP contribution in [0, 0.1) is 6.92 Å². The molecular formula is C19H20N4. The van der Waals surface area contributed by atoms with E-state index in [1.807, 2.05) is 24.3 Å². The second-order valence-electron chi connectivity index (χ2n) is 5.45. The Balaban J connectivity index is 1.59. The number of aryl methyl sites for hydroxylation is 1. The van der Waals surface area contributed by atoms with Gasteiger partial charge in [0, 0.05) is 19.3 Å². The number of hydrogen-bond acceptors (Lipinski definition) is 4. The zero-order valence-electron chi connectivity index (χ0n) is 13.2. The summed E-state index contributed by atoms with van der Waals surface area (Å²) in [5, 5.41) is 6.58. The molecule has 116 valence electrons. The highest BCUT2D eigenvalue weighted by Gasteiger charge is 2.00. The first-order valence-electron chi connectivity index (χ1n) is 7.70. The van der Waals surface area contributed by atoms with Crippen LogP contribution in [-0.4, -0.2) is 9.97 Å². The number of rotatable bonds is 6. The minimum absolute atomic E-state index is 0.628. The molecular weight excluding hydrogens is 284 g/mol. The summed E-state index contributed by atoms with van der Waals surface area (Å²) in [6.07, 6.45) is 1.76. The van der Waals surface area contributed by atoms with Crippen LogP contribution >= 0.6 is 0 Å². The number of nitrogens with zero attached hydrogens (tertiary/aromatic N) is 2. The van der Waals surface area contributed by atoms with Crippen molar-refractivity contribution in [3.63, 3.8) is 0 Å². The molecule has 0 aliphatic carbocycles. The van der Waals surface area contributed by atoms with Crippen molar-refractivity contribution in [3.8, 4) is 0 Å². The van der Waals surface area contributed by atoms with Crippen LogP contribution in [0.25, 0.3) is 0 Å². The number of benzene rings is 2. The second kappa shape index (κ2) is 7.40. The molecule has 1 aromatic heterocycles. The zero-order chi connectivity index (χ0) is 15.9. The summed E-state index contributed by atoms with van der Waals surface area (Å²) in [4.78, 5) is 8.75. The van der Waals surface area contributed by atoms with E-state index < -0.39 is 0 Å². The Morgan fingerprint density at radius 2 is 1.61 bits per heavy atom. The third-order valence-electron chi connectivity index (χ3n) is 3.51. The van der Waals surface area contributed by atoms with Gasteiger partial charge in [0.1, 0.15) is 5.82 Å². The molecule has 0 spiro atoms. The molecule has 23 heavy (non-hydrogen) atoms. The summed E-state index contributed by atoms with van der Waals surface area (Å²) in [5.41, 5.74) is 3.70. The van der Waals surface area contributed by atoms with Gasteiger partial charge >= 0.3 is 0 Å². The van der Waals surface area contributed by atoms with Crippen LogP contribution < -0.4 is 10.6 Å². The molecule has 0 saturated carbocycles. The van der Waals surface area contributed by atoms with Gasteiger partial charge in [-0.2, -0.15) is 4.98 Å². The number of anilines is 2. The van der Waals surface area contributed by atoms with E-state index >= 15 is 0 Å². The molecule has 0 radical (unpaired) electrons. The molecule has 2 aromatic carbocycles. The van der Waals surface area contributed by atoms with Crippen molar-refractivity contribution < 1.29 is 0 Å². The van der Waals surface area contributed by atoms with Crippen molar-refractivity contribution in [2.45, 2.75) is 20.0 Å². The molecule has 1 heterocycles. The summed E-state index contributed by atoms with van der Waals surface area (Å²) in [6.45, 7) is 3.55. The average Bonchev–Trinajstić information content (AvgIpc) is 2.60. The quantitative estimate of drug-likeness (QED) is 0.722. The standard InChI is InChI=1S/C19H20N4/c1-15-6-5-9-17(12-15)14-21-18-10-11-20-19(23-18)22-13-16-7-3-2-4-8-16/h2-12H,13-14H2,1H3,(H2,20,21,22,23). The second-order valence-corrected chi connectivity index (χ2v) is 5.45. The zero-order valence-corrected chi connectivity index (χ0v) is 13.2. The fourth-order valence-electron chi connectivity index (χ4n) is 2.33. The van der Waals surface area contributed by atoms with Crippen LogP contribution in [0.5, 0.6) is 0 Å². The lowest BCUT2D eigenvalue weighted by molar-refractivity contribution is 1.03. The first kappa shape index (κ1) is 15.0. The van der Waals surface area contributed by atoms with Crippen LogP contribution in [0.2, 0.25) is 0 Å². The molecule has 3 rings (SSSR count). The topological polar surface area (TPSA) is 49.8 Å². The van der Waals surface area contributed by atoms with Gasteiger partial charge in [0.05, 0.1) is 0 Å². The van der Waals surface area contributed by atoms with Crippen molar-refractivity contribution in [3.05, 3.63) is 83.6 Å². The minimum Gasteiger partial charge on any atom is -0.366 e. The molecule has 0 atom stereocenters. The Bertz CT molecular complexity index is 756. The van der Waals surface area contributed by atoms with Gasteiger partial charge in [-0.3, -0.25) is 0 Å². The Morgan fingerprint density at radius 3 is 2.43 bits per heavy atom. The number of aromatic nitrogens is 2. The van der Waals surface area contributed by atoms with Gasteiger partial charge in [-0.25, -0.2) is 4.98 Å². The lowest BCUT2D eigenvalue weighted by Gasteiger charge is -2.09. The van der Waals surface area contributed by atoms with E-state index in [2.05, 4.69) is 63.9 Å². The lowest BCUT2D eigenvalue weighted by atomic mass is 10.1. The molecule has 0 amide bonds. The third kappa shape index (κ3) is 4.54.